The minimum Gasteiger partial charge on any atom is -0.757 e. The zero-order valence-corrected chi connectivity index (χ0v) is 10.9. The predicted octanol–water partition coefficient (Wildman–Crippen LogP) is 3.85. The van der Waals surface area contributed by atoms with Gasteiger partial charge in [-0.05, 0) is 38.5 Å². The molecule has 0 atom stereocenters. The highest BCUT2D eigenvalue weighted by molar-refractivity contribution is 5.63. The highest BCUT2D eigenvalue weighted by Gasteiger charge is 2.13. The smallest absolute Gasteiger partial charge is 0.118 e. The Morgan fingerprint density at radius 3 is 2.11 bits per heavy atom. The van der Waals surface area contributed by atoms with E-state index in [0.717, 1.165) is 16.2 Å². The molecule has 0 radical (unpaired) electrons. The fourth-order valence-corrected chi connectivity index (χ4v) is 1.65. The summed E-state index contributed by atoms with van der Waals surface area (Å²) in [6.07, 6.45) is 1.74. The van der Waals surface area contributed by atoms with Gasteiger partial charge >= 0.3 is 0 Å². The van der Waals surface area contributed by atoms with Gasteiger partial charge in [0, 0.05) is 17.3 Å². The fraction of sp³-hybridized carbons (Fsp3) is 0.267. The second-order valence-corrected chi connectivity index (χ2v) is 5.24. The van der Waals surface area contributed by atoms with Gasteiger partial charge < -0.3 is 10.3 Å². The van der Waals surface area contributed by atoms with Gasteiger partial charge in [0.2, 0.25) is 0 Å². The van der Waals surface area contributed by atoms with E-state index in [-0.39, 0.29) is 0 Å². The van der Waals surface area contributed by atoms with Crippen molar-refractivity contribution in [2.45, 2.75) is 26.3 Å². The number of hydrogen-bond acceptors (Lipinski definition) is 3. The van der Waals surface area contributed by atoms with Gasteiger partial charge in [-0.2, -0.15) is 0 Å². The highest BCUT2D eigenvalue weighted by atomic mass is 16.5. The lowest BCUT2D eigenvalue weighted by Gasteiger charge is -2.42. The quantitative estimate of drug-likeness (QED) is 0.750. The summed E-state index contributed by atoms with van der Waals surface area (Å²) in [5.74, 6) is 0.446. The molecule has 0 spiro atoms. The van der Waals surface area contributed by atoms with Crippen LogP contribution in [0.1, 0.15) is 20.8 Å². The van der Waals surface area contributed by atoms with E-state index in [4.69, 9.17) is 0 Å². The van der Waals surface area contributed by atoms with Crippen LogP contribution in [-0.4, -0.2) is 10.5 Å². The number of rotatable bonds is 2. The van der Waals surface area contributed by atoms with Crippen molar-refractivity contribution in [3.8, 4) is 11.1 Å². The van der Waals surface area contributed by atoms with Crippen LogP contribution in [0.15, 0.2) is 48.7 Å². The molecule has 18 heavy (non-hydrogen) atoms. The Hall–Kier alpha value is -1.87. The molecule has 0 bridgehead atoms. The Kier molecular flexibility index (Phi) is 3.34. The van der Waals surface area contributed by atoms with Crippen LogP contribution in [0.25, 0.3) is 11.1 Å². The molecule has 0 amide bonds. The lowest BCUT2D eigenvalue weighted by molar-refractivity contribution is 0.552. The third-order valence-corrected chi connectivity index (χ3v) is 2.67. The van der Waals surface area contributed by atoms with Gasteiger partial charge in [0.25, 0.3) is 0 Å². The van der Waals surface area contributed by atoms with E-state index in [9.17, 15) is 5.21 Å². The van der Waals surface area contributed by atoms with E-state index in [1.165, 1.54) is 0 Å². The van der Waals surface area contributed by atoms with Gasteiger partial charge in [0.05, 0.1) is 0 Å². The lowest BCUT2D eigenvalue weighted by Crippen LogP contribution is -2.37. The van der Waals surface area contributed by atoms with Gasteiger partial charge in [-0.15, -0.1) is 0 Å². The summed E-state index contributed by atoms with van der Waals surface area (Å²) >= 11 is 0. The van der Waals surface area contributed by atoms with Crippen molar-refractivity contribution in [1.82, 2.24) is 4.98 Å². The predicted molar refractivity (Wildman–Crippen MR) is 75.3 cm³/mol. The van der Waals surface area contributed by atoms with Crippen LogP contribution in [0.4, 0.5) is 5.82 Å². The number of benzene rings is 1. The number of pyridine rings is 1. The fourth-order valence-electron chi connectivity index (χ4n) is 1.65. The number of anilines is 1. The zero-order valence-electron chi connectivity index (χ0n) is 10.9. The van der Waals surface area contributed by atoms with Crippen LogP contribution >= 0.6 is 0 Å². The standard InChI is InChI=1S/C15H17N2O/c1-15(2,3)17(18)14-10-9-13(11-16-14)12-7-5-4-6-8-12/h4-11H,1-3H3/q-1. The second kappa shape index (κ2) is 4.78. The second-order valence-electron chi connectivity index (χ2n) is 5.24. The number of nitrogens with zero attached hydrogens (tertiary/aromatic N) is 2. The molecule has 2 rings (SSSR count). The Balaban J connectivity index is 2.26. The summed E-state index contributed by atoms with van der Waals surface area (Å²) in [6.45, 7) is 5.60. The molecule has 0 aliphatic carbocycles. The Labute approximate surface area is 108 Å². The van der Waals surface area contributed by atoms with E-state index in [1.807, 2.05) is 57.2 Å². The largest absolute Gasteiger partial charge is 0.757 e. The third-order valence-electron chi connectivity index (χ3n) is 2.67. The molecular weight excluding hydrogens is 224 g/mol. The normalized spacial score (nSPS) is 11.3. The molecule has 1 heterocycles. The van der Waals surface area contributed by atoms with Crippen LogP contribution in [0.5, 0.6) is 0 Å². The lowest BCUT2D eigenvalue weighted by atomic mass is 10.1. The van der Waals surface area contributed by atoms with E-state index < -0.39 is 5.54 Å². The Bertz CT molecular complexity index is 500. The maximum absolute atomic E-state index is 12.0. The van der Waals surface area contributed by atoms with Gasteiger partial charge in [-0.25, -0.2) is 4.98 Å². The van der Waals surface area contributed by atoms with Crippen LogP contribution in [-0.2, 0) is 0 Å². The molecule has 0 unspecified atom stereocenters. The first-order valence-corrected chi connectivity index (χ1v) is 5.97. The minimum absolute atomic E-state index is 0.446. The summed E-state index contributed by atoms with van der Waals surface area (Å²) in [7, 11) is 0. The number of hydrogen-bond donors (Lipinski definition) is 0. The average molecular weight is 241 g/mol. The van der Waals surface area contributed by atoms with Crippen molar-refractivity contribution in [3.63, 3.8) is 0 Å². The topological polar surface area (TPSA) is 39.2 Å². The Morgan fingerprint density at radius 2 is 1.61 bits per heavy atom. The van der Waals surface area contributed by atoms with Crippen LogP contribution < -0.4 is 5.06 Å². The first kappa shape index (κ1) is 12.6. The molecule has 2 aromatic rings. The van der Waals surface area contributed by atoms with Crippen molar-refractivity contribution in [1.29, 1.82) is 0 Å². The molecule has 94 valence electrons. The van der Waals surface area contributed by atoms with E-state index >= 15 is 0 Å². The monoisotopic (exact) mass is 241 g/mol. The first-order valence-electron chi connectivity index (χ1n) is 5.97. The van der Waals surface area contributed by atoms with Crippen molar-refractivity contribution in [2.24, 2.45) is 0 Å². The van der Waals surface area contributed by atoms with Gasteiger partial charge in [-0.3, -0.25) is 0 Å². The molecule has 1 aromatic heterocycles. The van der Waals surface area contributed by atoms with Crippen molar-refractivity contribution in [2.75, 3.05) is 5.06 Å². The molecule has 1 aromatic carbocycles. The number of aromatic nitrogens is 1. The maximum Gasteiger partial charge on any atom is 0.118 e. The van der Waals surface area contributed by atoms with Crippen molar-refractivity contribution in [3.05, 3.63) is 53.9 Å². The van der Waals surface area contributed by atoms with Crippen molar-refractivity contribution >= 4 is 5.82 Å². The van der Waals surface area contributed by atoms with E-state index in [1.54, 1.807) is 12.3 Å². The SMILES string of the molecule is CC(C)(C)N([O-])c1ccc(-c2ccccc2)cn1. The molecule has 3 nitrogen and oxygen atoms in total. The molecular formula is C15H17N2O-. The molecule has 0 saturated carbocycles. The highest BCUT2D eigenvalue weighted by Crippen LogP contribution is 2.23. The van der Waals surface area contributed by atoms with E-state index in [0.29, 0.717) is 5.82 Å². The summed E-state index contributed by atoms with van der Waals surface area (Å²) in [4.78, 5) is 4.23. The molecule has 3 heteroatoms. The summed E-state index contributed by atoms with van der Waals surface area (Å²) in [5.41, 5.74) is 1.65. The van der Waals surface area contributed by atoms with Crippen molar-refractivity contribution < 1.29 is 0 Å². The molecule has 0 saturated heterocycles. The maximum atomic E-state index is 12.0. The van der Waals surface area contributed by atoms with Gasteiger partial charge in [-0.1, -0.05) is 30.3 Å². The third kappa shape index (κ3) is 2.68. The minimum atomic E-state index is -0.471. The summed E-state index contributed by atoms with van der Waals surface area (Å²) in [6, 6.07) is 13.7. The Morgan fingerprint density at radius 1 is 0.944 bits per heavy atom. The summed E-state index contributed by atoms with van der Waals surface area (Å²) in [5, 5.41) is 12.9. The molecule has 0 N–H and O–H groups in total. The average Bonchev–Trinajstić information content (AvgIpc) is 2.38. The molecule has 0 fully saturated rings. The zero-order chi connectivity index (χ0) is 13.2. The summed E-state index contributed by atoms with van der Waals surface area (Å²) < 4.78 is 0. The molecule has 0 aliphatic rings. The van der Waals surface area contributed by atoms with Crippen LogP contribution in [0, 0.1) is 5.21 Å². The van der Waals surface area contributed by atoms with Crippen LogP contribution in [0.2, 0.25) is 0 Å². The molecule has 0 aliphatic heterocycles. The number of hydroxylamine groups is 1. The van der Waals surface area contributed by atoms with Crippen LogP contribution in [0.3, 0.4) is 0 Å². The van der Waals surface area contributed by atoms with Gasteiger partial charge in [0.1, 0.15) is 5.82 Å². The first-order chi connectivity index (χ1) is 8.48. The van der Waals surface area contributed by atoms with Gasteiger partial charge in [0.15, 0.2) is 0 Å². The van der Waals surface area contributed by atoms with E-state index in [2.05, 4.69) is 4.98 Å².